The van der Waals surface area contributed by atoms with Gasteiger partial charge in [-0.05, 0) is 48.5 Å². The van der Waals surface area contributed by atoms with E-state index in [1.165, 1.54) is 6.07 Å². The minimum Gasteiger partial charge on any atom is -0.368 e. The molecule has 1 aliphatic rings. The molecule has 0 saturated carbocycles. The van der Waals surface area contributed by atoms with Gasteiger partial charge in [0.05, 0.1) is 16.9 Å². The van der Waals surface area contributed by atoms with E-state index in [0.717, 1.165) is 23.5 Å². The summed E-state index contributed by atoms with van der Waals surface area (Å²) in [5.41, 5.74) is 2.63. The maximum Gasteiger partial charge on any atom is 0.416 e. The van der Waals surface area contributed by atoms with Crippen LogP contribution >= 0.6 is 0 Å². The molecule has 1 aliphatic heterocycles. The number of nitrogens with zero attached hydrogens (tertiary/aromatic N) is 5. The molecule has 9 heteroatoms. The van der Waals surface area contributed by atoms with Crippen molar-refractivity contribution < 1.29 is 18.0 Å². The summed E-state index contributed by atoms with van der Waals surface area (Å²) in [6, 6.07) is 20.4. The topological polar surface area (TPSA) is 46.3 Å². The van der Waals surface area contributed by atoms with Gasteiger partial charge in [-0.25, -0.2) is 4.68 Å². The molecule has 4 aromatic rings. The molecule has 3 heterocycles. The number of carbonyl (C=O) groups is 1. The summed E-state index contributed by atoms with van der Waals surface area (Å²) in [5, 5.41) is 4.73. The summed E-state index contributed by atoms with van der Waals surface area (Å²) < 4.78 is 42.9. The van der Waals surface area contributed by atoms with Crippen LogP contribution in [0.2, 0.25) is 0 Å². The molecule has 0 atom stereocenters. The first-order chi connectivity index (χ1) is 16.8. The van der Waals surface area contributed by atoms with Crippen LogP contribution in [0, 0.1) is 0 Å². The van der Waals surface area contributed by atoms with E-state index in [1.54, 1.807) is 21.7 Å². The van der Waals surface area contributed by atoms with Crippen LogP contribution in [-0.4, -0.2) is 51.3 Å². The van der Waals surface area contributed by atoms with Crippen molar-refractivity contribution in [1.29, 1.82) is 0 Å². The van der Waals surface area contributed by atoms with Gasteiger partial charge in [0.2, 0.25) is 0 Å². The van der Waals surface area contributed by atoms with E-state index >= 15 is 0 Å². The van der Waals surface area contributed by atoms with Crippen LogP contribution in [0.1, 0.15) is 16.1 Å². The monoisotopic (exact) mass is 479 g/mol. The third-order valence-corrected chi connectivity index (χ3v) is 6.24. The third-order valence-electron chi connectivity index (χ3n) is 6.24. The second-order valence-electron chi connectivity index (χ2n) is 8.49. The normalized spacial score (nSPS) is 14.4. The first-order valence-corrected chi connectivity index (χ1v) is 11.3. The SMILES string of the molecule is Cn1cccc1-c1cc(C(=O)N2CCN(c3cccc(C(F)(F)F)c3)CC2)n(-c2ccccc2)n1. The summed E-state index contributed by atoms with van der Waals surface area (Å²) >= 11 is 0. The van der Waals surface area contributed by atoms with E-state index in [2.05, 4.69) is 0 Å². The lowest BCUT2D eigenvalue weighted by Crippen LogP contribution is -2.49. The van der Waals surface area contributed by atoms with E-state index in [0.29, 0.717) is 43.3 Å². The highest BCUT2D eigenvalue weighted by Crippen LogP contribution is 2.32. The summed E-state index contributed by atoms with van der Waals surface area (Å²) in [5.74, 6) is -0.162. The van der Waals surface area contributed by atoms with Crippen LogP contribution in [-0.2, 0) is 13.2 Å². The Morgan fingerprint density at radius 2 is 1.57 bits per heavy atom. The van der Waals surface area contributed by atoms with Gasteiger partial charge in [0.25, 0.3) is 5.91 Å². The van der Waals surface area contributed by atoms with Crippen molar-refractivity contribution in [2.24, 2.45) is 7.05 Å². The fourth-order valence-corrected chi connectivity index (χ4v) is 4.36. The molecule has 180 valence electrons. The van der Waals surface area contributed by atoms with Crippen molar-refractivity contribution in [3.63, 3.8) is 0 Å². The molecule has 5 rings (SSSR count). The fourth-order valence-electron chi connectivity index (χ4n) is 4.36. The highest BCUT2D eigenvalue weighted by molar-refractivity contribution is 5.94. The second kappa shape index (κ2) is 8.98. The average molecular weight is 480 g/mol. The first-order valence-electron chi connectivity index (χ1n) is 11.3. The summed E-state index contributed by atoms with van der Waals surface area (Å²) in [4.78, 5) is 17.2. The van der Waals surface area contributed by atoms with Crippen LogP contribution in [0.15, 0.2) is 79.0 Å². The van der Waals surface area contributed by atoms with E-state index in [1.807, 2.05) is 65.2 Å². The number of amides is 1. The number of para-hydroxylation sites is 1. The minimum atomic E-state index is -4.39. The molecular formula is C26H24F3N5O. The Bertz CT molecular complexity index is 1330. The van der Waals surface area contributed by atoms with Gasteiger partial charge in [0, 0.05) is 45.1 Å². The molecule has 1 amide bonds. The molecular weight excluding hydrogens is 455 g/mol. The summed E-state index contributed by atoms with van der Waals surface area (Å²) in [6.45, 7) is 1.68. The van der Waals surface area contributed by atoms with Crippen molar-refractivity contribution in [2.45, 2.75) is 6.18 Å². The molecule has 0 bridgehead atoms. The van der Waals surface area contributed by atoms with Gasteiger partial charge in [0.1, 0.15) is 11.4 Å². The fraction of sp³-hybridized carbons (Fsp3) is 0.231. The third kappa shape index (κ3) is 4.53. The predicted molar refractivity (Wildman–Crippen MR) is 128 cm³/mol. The second-order valence-corrected chi connectivity index (χ2v) is 8.49. The number of carbonyl (C=O) groups excluding carboxylic acids is 1. The molecule has 0 N–H and O–H groups in total. The number of benzene rings is 2. The van der Waals surface area contributed by atoms with E-state index in [-0.39, 0.29) is 5.91 Å². The Kier molecular flexibility index (Phi) is 5.84. The van der Waals surface area contributed by atoms with E-state index in [4.69, 9.17) is 5.10 Å². The zero-order chi connectivity index (χ0) is 24.6. The van der Waals surface area contributed by atoms with Gasteiger partial charge in [-0.2, -0.15) is 18.3 Å². The summed E-state index contributed by atoms with van der Waals surface area (Å²) in [6.07, 6.45) is -2.47. The number of halogens is 3. The molecule has 2 aromatic carbocycles. The number of rotatable bonds is 4. The summed E-state index contributed by atoms with van der Waals surface area (Å²) in [7, 11) is 1.92. The largest absolute Gasteiger partial charge is 0.416 e. The van der Waals surface area contributed by atoms with Gasteiger partial charge >= 0.3 is 6.18 Å². The van der Waals surface area contributed by atoms with Crippen molar-refractivity contribution in [1.82, 2.24) is 19.2 Å². The van der Waals surface area contributed by atoms with Crippen molar-refractivity contribution in [3.05, 3.63) is 90.3 Å². The Labute approximate surface area is 200 Å². The number of aromatic nitrogens is 3. The van der Waals surface area contributed by atoms with Gasteiger partial charge in [-0.1, -0.05) is 24.3 Å². The average Bonchev–Trinajstić information content (AvgIpc) is 3.50. The van der Waals surface area contributed by atoms with Crippen molar-refractivity contribution >= 4 is 11.6 Å². The molecule has 0 radical (unpaired) electrons. The lowest BCUT2D eigenvalue weighted by molar-refractivity contribution is -0.137. The van der Waals surface area contributed by atoms with Crippen LogP contribution < -0.4 is 4.90 Å². The zero-order valence-electron chi connectivity index (χ0n) is 19.1. The van der Waals surface area contributed by atoms with Crippen LogP contribution in [0.4, 0.5) is 18.9 Å². The molecule has 0 aliphatic carbocycles. The predicted octanol–water partition coefficient (Wildman–Crippen LogP) is 4.86. The quantitative estimate of drug-likeness (QED) is 0.420. The molecule has 0 unspecified atom stereocenters. The van der Waals surface area contributed by atoms with E-state index in [9.17, 15) is 18.0 Å². The smallest absolute Gasteiger partial charge is 0.368 e. The van der Waals surface area contributed by atoms with Crippen LogP contribution in [0.3, 0.4) is 0 Å². The van der Waals surface area contributed by atoms with Crippen LogP contribution in [0.5, 0.6) is 0 Å². The van der Waals surface area contributed by atoms with Gasteiger partial charge in [0.15, 0.2) is 0 Å². The Balaban J connectivity index is 1.39. The number of hydrogen-bond donors (Lipinski definition) is 0. The van der Waals surface area contributed by atoms with Gasteiger partial charge in [-0.3, -0.25) is 4.79 Å². The maximum absolute atomic E-state index is 13.6. The number of aryl methyl sites for hydroxylation is 1. The zero-order valence-corrected chi connectivity index (χ0v) is 19.1. The highest BCUT2D eigenvalue weighted by atomic mass is 19.4. The van der Waals surface area contributed by atoms with Gasteiger partial charge in [-0.15, -0.1) is 0 Å². The minimum absolute atomic E-state index is 0.162. The molecule has 6 nitrogen and oxygen atoms in total. The number of alkyl halides is 3. The molecule has 0 spiro atoms. The highest BCUT2D eigenvalue weighted by Gasteiger charge is 2.32. The lowest BCUT2D eigenvalue weighted by Gasteiger charge is -2.36. The number of anilines is 1. The molecule has 1 fully saturated rings. The van der Waals surface area contributed by atoms with Crippen molar-refractivity contribution in [3.8, 4) is 17.1 Å². The number of hydrogen-bond acceptors (Lipinski definition) is 3. The standard InChI is InChI=1S/C26H24F3N5O/c1-31-12-6-11-23(31)22-18-24(34(30-22)20-8-3-2-4-9-20)25(35)33-15-13-32(14-16-33)21-10-5-7-19(17-21)26(27,28)29/h2-12,17-18H,13-16H2,1H3. The first kappa shape index (κ1) is 22.8. The lowest BCUT2D eigenvalue weighted by atomic mass is 10.1. The molecule has 2 aromatic heterocycles. The Morgan fingerprint density at radius 1 is 0.857 bits per heavy atom. The van der Waals surface area contributed by atoms with E-state index < -0.39 is 11.7 Å². The van der Waals surface area contributed by atoms with Crippen LogP contribution in [0.25, 0.3) is 17.1 Å². The molecule has 1 saturated heterocycles. The van der Waals surface area contributed by atoms with Gasteiger partial charge < -0.3 is 14.4 Å². The Morgan fingerprint density at radius 3 is 2.23 bits per heavy atom. The molecule has 35 heavy (non-hydrogen) atoms. The maximum atomic E-state index is 13.6. The number of piperazine rings is 1. The van der Waals surface area contributed by atoms with Crippen molar-refractivity contribution in [2.75, 3.05) is 31.1 Å². The Hall–Kier alpha value is -4.01.